The summed E-state index contributed by atoms with van der Waals surface area (Å²) in [6.45, 7) is 3.94. The molecule has 0 radical (unpaired) electrons. The van der Waals surface area contributed by atoms with Crippen LogP contribution in [-0.2, 0) is 6.54 Å². The molecular formula is C17H19BrFN. The molecule has 20 heavy (non-hydrogen) atoms. The molecule has 0 amide bonds. The minimum atomic E-state index is -0.210. The molecule has 1 N–H and O–H groups in total. The van der Waals surface area contributed by atoms with E-state index < -0.39 is 0 Å². The van der Waals surface area contributed by atoms with Gasteiger partial charge in [-0.3, -0.25) is 0 Å². The van der Waals surface area contributed by atoms with Crippen molar-refractivity contribution in [1.29, 1.82) is 0 Å². The van der Waals surface area contributed by atoms with Gasteiger partial charge >= 0.3 is 0 Å². The van der Waals surface area contributed by atoms with Crippen LogP contribution in [0.1, 0.15) is 30.4 Å². The molecule has 0 aliphatic carbocycles. The van der Waals surface area contributed by atoms with Gasteiger partial charge in [-0.2, -0.15) is 0 Å². The van der Waals surface area contributed by atoms with Crippen LogP contribution >= 0.6 is 15.9 Å². The monoisotopic (exact) mass is 335 g/mol. The first-order chi connectivity index (χ1) is 9.66. The van der Waals surface area contributed by atoms with Gasteiger partial charge in [0.15, 0.2) is 0 Å². The van der Waals surface area contributed by atoms with E-state index in [1.807, 2.05) is 12.1 Å². The fourth-order valence-corrected chi connectivity index (χ4v) is 2.65. The van der Waals surface area contributed by atoms with E-state index in [2.05, 4.69) is 52.4 Å². The minimum absolute atomic E-state index is 0.210. The standard InChI is InChI=1S/C17H19BrFN/c1-13(14-5-3-2-4-6-14)9-10-20-12-15-7-8-16(19)11-17(15)18/h2-8,11,13,20H,9-10,12H2,1H3. The van der Waals surface area contributed by atoms with Gasteiger partial charge in [-0.25, -0.2) is 4.39 Å². The van der Waals surface area contributed by atoms with Crippen molar-refractivity contribution in [2.45, 2.75) is 25.8 Å². The van der Waals surface area contributed by atoms with E-state index >= 15 is 0 Å². The molecule has 0 bridgehead atoms. The van der Waals surface area contributed by atoms with Crippen molar-refractivity contribution in [1.82, 2.24) is 5.32 Å². The van der Waals surface area contributed by atoms with Crippen LogP contribution in [0, 0.1) is 5.82 Å². The predicted molar refractivity (Wildman–Crippen MR) is 85.3 cm³/mol. The first-order valence-corrected chi connectivity index (χ1v) is 7.65. The quantitative estimate of drug-likeness (QED) is 0.742. The Morgan fingerprint density at radius 3 is 2.60 bits per heavy atom. The molecule has 0 heterocycles. The molecule has 0 saturated carbocycles. The molecular weight excluding hydrogens is 317 g/mol. The Kier molecular flexibility index (Phi) is 5.74. The molecule has 2 rings (SSSR count). The van der Waals surface area contributed by atoms with E-state index in [1.54, 1.807) is 0 Å². The smallest absolute Gasteiger partial charge is 0.124 e. The van der Waals surface area contributed by atoms with Crippen LogP contribution in [0.2, 0.25) is 0 Å². The third-order valence-electron chi connectivity index (χ3n) is 3.45. The van der Waals surface area contributed by atoms with E-state index in [4.69, 9.17) is 0 Å². The van der Waals surface area contributed by atoms with Gasteiger partial charge in [0.05, 0.1) is 0 Å². The van der Waals surface area contributed by atoms with Crippen LogP contribution in [0.3, 0.4) is 0 Å². The van der Waals surface area contributed by atoms with Crippen molar-refractivity contribution >= 4 is 15.9 Å². The highest BCUT2D eigenvalue weighted by Crippen LogP contribution is 2.19. The summed E-state index contributed by atoms with van der Waals surface area (Å²) in [7, 11) is 0. The first kappa shape index (κ1) is 15.2. The molecule has 0 aliphatic heterocycles. The van der Waals surface area contributed by atoms with E-state index in [-0.39, 0.29) is 5.82 Å². The van der Waals surface area contributed by atoms with Gasteiger partial charge in [0, 0.05) is 11.0 Å². The van der Waals surface area contributed by atoms with Gasteiger partial charge in [-0.15, -0.1) is 0 Å². The van der Waals surface area contributed by atoms with Gasteiger partial charge in [0.2, 0.25) is 0 Å². The summed E-state index contributed by atoms with van der Waals surface area (Å²) in [4.78, 5) is 0. The van der Waals surface area contributed by atoms with Crippen molar-refractivity contribution in [3.8, 4) is 0 Å². The lowest BCUT2D eigenvalue weighted by Gasteiger charge is -2.13. The zero-order chi connectivity index (χ0) is 14.4. The summed E-state index contributed by atoms with van der Waals surface area (Å²) < 4.78 is 13.8. The Bertz CT molecular complexity index is 542. The maximum Gasteiger partial charge on any atom is 0.124 e. The molecule has 2 aromatic rings. The van der Waals surface area contributed by atoms with Gasteiger partial charge in [0.1, 0.15) is 5.82 Å². The highest BCUT2D eigenvalue weighted by Gasteiger charge is 2.05. The molecule has 106 valence electrons. The molecule has 2 aromatic carbocycles. The largest absolute Gasteiger partial charge is 0.313 e. The van der Waals surface area contributed by atoms with Crippen LogP contribution in [0.25, 0.3) is 0 Å². The number of rotatable bonds is 6. The predicted octanol–water partition coefficient (Wildman–Crippen LogP) is 4.87. The summed E-state index contributed by atoms with van der Waals surface area (Å²) in [5.74, 6) is 0.332. The topological polar surface area (TPSA) is 12.0 Å². The van der Waals surface area contributed by atoms with E-state index in [1.165, 1.54) is 17.7 Å². The Morgan fingerprint density at radius 2 is 1.90 bits per heavy atom. The summed E-state index contributed by atoms with van der Waals surface area (Å²) in [5.41, 5.74) is 2.45. The second-order valence-electron chi connectivity index (χ2n) is 5.01. The molecule has 1 unspecified atom stereocenters. The van der Waals surface area contributed by atoms with E-state index in [0.29, 0.717) is 5.92 Å². The summed E-state index contributed by atoms with van der Waals surface area (Å²) in [6, 6.07) is 15.3. The maximum atomic E-state index is 13.0. The number of nitrogens with one attached hydrogen (secondary N) is 1. The average molecular weight is 336 g/mol. The number of benzene rings is 2. The summed E-state index contributed by atoms with van der Waals surface area (Å²) >= 11 is 3.38. The molecule has 0 fully saturated rings. The van der Waals surface area contributed by atoms with Gasteiger partial charge in [-0.05, 0) is 42.1 Å². The third-order valence-corrected chi connectivity index (χ3v) is 4.19. The Hall–Kier alpha value is -1.19. The Morgan fingerprint density at radius 1 is 1.15 bits per heavy atom. The Balaban J connectivity index is 1.76. The minimum Gasteiger partial charge on any atom is -0.313 e. The molecule has 0 spiro atoms. The normalized spacial score (nSPS) is 12.3. The third kappa shape index (κ3) is 4.43. The molecule has 3 heteroatoms. The molecule has 0 aliphatic rings. The summed E-state index contributed by atoms with van der Waals surface area (Å²) in [6.07, 6.45) is 1.09. The molecule has 0 aromatic heterocycles. The first-order valence-electron chi connectivity index (χ1n) is 6.86. The van der Waals surface area contributed by atoms with Crippen molar-refractivity contribution in [3.63, 3.8) is 0 Å². The lowest BCUT2D eigenvalue weighted by Crippen LogP contribution is -2.16. The molecule has 1 nitrogen and oxygen atoms in total. The van der Waals surface area contributed by atoms with Crippen molar-refractivity contribution in [3.05, 3.63) is 69.9 Å². The fourth-order valence-electron chi connectivity index (χ4n) is 2.15. The van der Waals surface area contributed by atoms with Crippen LogP contribution < -0.4 is 5.32 Å². The van der Waals surface area contributed by atoms with Crippen LogP contribution in [0.5, 0.6) is 0 Å². The van der Waals surface area contributed by atoms with Crippen LogP contribution in [-0.4, -0.2) is 6.54 Å². The lowest BCUT2D eigenvalue weighted by molar-refractivity contribution is 0.591. The highest BCUT2D eigenvalue weighted by molar-refractivity contribution is 9.10. The Labute approximate surface area is 128 Å². The lowest BCUT2D eigenvalue weighted by atomic mass is 9.98. The second kappa shape index (κ2) is 7.55. The number of hydrogen-bond donors (Lipinski definition) is 1. The van der Waals surface area contributed by atoms with E-state index in [0.717, 1.165) is 29.5 Å². The number of hydrogen-bond acceptors (Lipinski definition) is 1. The van der Waals surface area contributed by atoms with Crippen molar-refractivity contribution in [2.75, 3.05) is 6.54 Å². The van der Waals surface area contributed by atoms with Gasteiger partial charge < -0.3 is 5.32 Å². The fraction of sp³-hybridized carbons (Fsp3) is 0.294. The van der Waals surface area contributed by atoms with Gasteiger partial charge in [-0.1, -0.05) is 59.3 Å². The average Bonchev–Trinajstić information content (AvgIpc) is 2.46. The second-order valence-corrected chi connectivity index (χ2v) is 5.87. The zero-order valence-electron chi connectivity index (χ0n) is 11.6. The van der Waals surface area contributed by atoms with Crippen molar-refractivity contribution < 1.29 is 4.39 Å². The maximum absolute atomic E-state index is 13.0. The SMILES string of the molecule is CC(CCNCc1ccc(F)cc1Br)c1ccccc1. The number of halogens is 2. The van der Waals surface area contributed by atoms with E-state index in [9.17, 15) is 4.39 Å². The van der Waals surface area contributed by atoms with Crippen LogP contribution in [0.4, 0.5) is 4.39 Å². The highest BCUT2D eigenvalue weighted by atomic mass is 79.9. The molecule has 0 saturated heterocycles. The van der Waals surface area contributed by atoms with Gasteiger partial charge in [0.25, 0.3) is 0 Å². The zero-order valence-corrected chi connectivity index (χ0v) is 13.2. The van der Waals surface area contributed by atoms with Crippen molar-refractivity contribution in [2.24, 2.45) is 0 Å². The molecule has 1 atom stereocenters. The van der Waals surface area contributed by atoms with Crippen LogP contribution in [0.15, 0.2) is 53.0 Å². The summed E-state index contributed by atoms with van der Waals surface area (Å²) in [5, 5.41) is 3.41.